The lowest BCUT2D eigenvalue weighted by Gasteiger charge is -2.14. The number of para-hydroxylation sites is 1. The third-order valence-corrected chi connectivity index (χ3v) is 2.37. The molecule has 0 saturated heterocycles. The highest BCUT2D eigenvalue weighted by atomic mass is 16.6. The number of hydrogen-bond donors (Lipinski definition) is 1. The number of ether oxygens (including phenoxy) is 3. The van der Waals surface area contributed by atoms with Crippen LogP contribution >= 0.6 is 0 Å². The third kappa shape index (κ3) is 3.61. The minimum atomic E-state index is -0.992. The molecule has 1 rings (SSSR count). The molecule has 0 aliphatic heterocycles. The molecule has 0 fully saturated rings. The van der Waals surface area contributed by atoms with Crippen molar-refractivity contribution in [2.24, 2.45) is 0 Å². The smallest absolute Gasteiger partial charge is 0.346 e. The van der Waals surface area contributed by atoms with Gasteiger partial charge in [-0.3, -0.25) is 0 Å². The topological polar surface area (TPSA) is 87.9 Å². The molecule has 1 aromatic rings. The lowest BCUT2D eigenvalue weighted by molar-refractivity contribution is -0.149. The second-order valence-electron chi connectivity index (χ2n) is 3.73. The Morgan fingerprint density at radius 2 is 2.05 bits per heavy atom. The van der Waals surface area contributed by atoms with Crippen molar-refractivity contribution in [2.75, 3.05) is 19.5 Å². The van der Waals surface area contributed by atoms with Gasteiger partial charge in [0.2, 0.25) is 0 Å². The zero-order chi connectivity index (χ0) is 14.4. The van der Waals surface area contributed by atoms with Gasteiger partial charge in [-0.15, -0.1) is 0 Å². The second-order valence-corrected chi connectivity index (χ2v) is 3.73. The SMILES string of the molecule is CCOc1c(N)cccc1C(=O)OC(C)C(=O)OC. The molecule has 0 aliphatic carbocycles. The van der Waals surface area contributed by atoms with Crippen LogP contribution in [0.1, 0.15) is 24.2 Å². The van der Waals surface area contributed by atoms with Crippen molar-refractivity contribution in [3.8, 4) is 5.75 Å². The van der Waals surface area contributed by atoms with Crippen LogP contribution in [0.3, 0.4) is 0 Å². The molecule has 0 heterocycles. The van der Waals surface area contributed by atoms with E-state index >= 15 is 0 Å². The van der Waals surface area contributed by atoms with Crippen molar-refractivity contribution in [3.05, 3.63) is 23.8 Å². The van der Waals surface area contributed by atoms with Crippen molar-refractivity contribution < 1.29 is 23.8 Å². The fourth-order valence-corrected chi connectivity index (χ4v) is 1.46. The number of rotatable bonds is 5. The number of carbonyl (C=O) groups excluding carboxylic acids is 2. The zero-order valence-corrected chi connectivity index (χ0v) is 11.1. The van der Waals surface area contributed by atoms with E-state index in [1.807, 2.05) is 0 Å². The van der Waals surface area contributed by atoms with Crippen LogP contribution in [0.25, 0.3) is 0 Å². The molecule has 19 heavy (non-hydrogen) atoms. The van der Waals surface area contributed by atoms with Gasteiger partial charge in [0.05, 0.1) is 19.4 Å². The highest BCUT2D eigenvalue weighted by Gasteiger charge is 2.22. The van der Waals surface area contributed by atoms with E-state index in [-0.39, 0.29) is 11.3 Å². The minimum Gasteiger partial charge on any atom is -0.491 e. The molecule has 0 bridgehead atoms. The molecular weight excluding hydrogens is 250 g/mol. The summed E-state index contributed by atoms with van der Waals surface area (Å²) in [7, 11) is 1.22. The number of benzene rings is 1. The van der Waals surface area contributed by atoms with E-state index in [9.17, 15) is 9.59 Å². The Bertz CT molecular complexity index is 472. The number of carbonyl (C=O) groups is 2. The van der Waals surface area contributed by atoms with Gasteiger partial charge in [-0.2, -0.15) is 0 Å². The lowest BCUT2D eigenvalue weighted by atomic mass is 10.1. The maximum absolute atomic E-state index is 12.0. The summed E-state index contributed by atoms with van der Waals surface area (Å²) in [5.41, 5.74) is 6.25. The molecule has 0 amide bonds. The Balaban J connectivity index is 2.93. The number of esters is 2. The largest absolute Gasteiger partial charge is 0.491 e. The van der Waals surface area contributed by atoms with Crippen molar-refractivity contribution in [1.82, 2.24) is 0 Å². The standard InChI is InChI=1S/C13H17NO5/c1-4-18-11-9(6-5-7-10(11)14)13(16)19-8(2)12(15)17-3/h5-8H,4,14H2,1-3H3. The number of hydrogen-bond acceptors (Lipinski definition) is 6. The number of methoxy groups -OCH3 is 1. The van der Waals surface area contributed by atoms with Gasteiger partial charge in [0, 0.05) is 0 Å². The lowest BCUT2D eigenvalue weighted by Crippen LogP contribution is -2.25. The summed E-state index contributed by atoms with van der Waals surface area (Å²) in [5.74, 6) is -1.06. The van der Waals surface area contributed by atoms with Gasteiger partial charge in [-0.1, -0.05) is 6.07 Å². The molecule has 1 atom stereocenters. The summed E-state index contributed by atoms with van der Waals surface area (Å²) in [6.07, 6.45) is -0.992. The van der Waals surface area contributed by atoms with Crippen molar-refractivity contribution in [1.29, 1.82) is 0 Å². The molecule has 6 heteroatoms. The Kier molecular flexibility index (Phi) is 5.17. The van der Waals surface area contributed by atoms with Crippen LogP contribution in [0.2, 0.25) is 0 Å². The van der Waals surface area contributed by atoms with Crippen LogP contribution in [-0.2, 0) is 14.3 Å². The fourth-order valence-electron chi connectivity index (χ4n) is 1.46. The van der Waals surface area contributed by atoms with E-state index in [4.69, 9.17) is 15.2 Å². The highest BCUT2D eigenvalue weighted by Crippen LogP contribution is 2.27. The van der Waals surface area contributed by atoms with Crippen LogP contribution in [0, 0.1) is 0 Å². The number of nitrogens with two attached hydrogens (primary N) is 1. The van der Waals surface area contributed by atoms with E-state index < -0.39 is 18.0 Å². The Labute approximate surface area is 111 Å². The van der Waals surface area contributed by atoms with Crippen LogP contribution < -0.4 is 10.5 Å². The Morgan fingerprint density at radius 1 is 1.37 bits per heavy atom. The van der Waals surface area contributed by atoms with E-state index in [1.54, 1.807) is 19.1 Å². The average Bonchev–Trinajstić information content (AvgIpc) is 2.40. The zero-order valence-electron chi connectivity index (χ0n) is 11.1. The minimum absolute atomic E-state index is 0.178. The molecule has 0 saturated carbocycles. The van der Waals surface area contributed by atoms with Crippen molar-refractivity contribution in [3.63, 3.8) is 0 Å². The van der Waals surface area contributed by atoms with Crippen molar-refractivity contribution >= 4 is 17.6 Å². The first-order chi connectivity index (χ1) is 9.01. The van der Waals surface area contributed by atoms with Gasteiger partial charge in [-0.05, 0) is 26.0 Å². The number of anilines is 1. The van der Waals surface area contributed by atoms with Crippen LogP contribution in [0.15, 0.2) is 18.2 Å². The summed E-state index contributed by atoms with van der Waals surface area (Å²) in [5, 5.41) is 0. The summed E-state index contributed by atoms with van der Waals surface area (Å²) in [6, 6.07) is 4.75. The molecule has 1 unspecified atom stereocenters. The predicted octanol–water partition coefficient (Wildman–Crippen LogP) is 1.39. The van der Waals surface area contributed by atoms with Gasteiger partial charge in [0.25, 0.3) is 0 Å². The van der Waals surface area contributed by atoms with Gasteiger partial charge in [-0.25, -0.2) is 9.59 Å². The third-order valence-electron chi connectivity index (χ3n) is 2.37. The summed E-state index contributed by atoms with van der Waals surface area (Å²) in [6.45, 7) is 3.57. The summed E-state index contributed by atoms with van der Waals surface area (Å²) in [4.78, 5) is 23.2. The first-order valence-corrected chi connectivity index (χ1v) is 5.81. The van der Waals surface area contributed by atoms with Crippen LogP contribution in [-0.4, -0.2) is 31.8 Å². The maximum atomic E-state index is 12.0. The monoisotopic (exact) mass is 267 g/mol. The van der Waals surface area contributed by atoms with Gasteiger partial charge < -0.3 is 19.9 Å². The molecule has 0 aromatic heterocycles. The van der Waals surface area contributed by atoms with E-state index in [0.717, 1.165) is 0 Å². The Hall–Kier alpha value is -2.24. The molecule has 104 valence electrons. The Morgan fingerprint density at radius 3 is 2.63 bits per heavy atom. The van der Waals surface area contributed by atoms with Crippen LogP contribution in [0.5, 0.6) is 5.75 Å². The molecule has 0 radical (unpaired) electrons. The second kappa shape index (κ2) is 6.63. The number of nitrogen functional groups attached to an aromatic ring is 1. The molecule has 1 aromatic carbocycles. The first-order valence-electron chi connectivity index (χ1n) is 5.81. The predicted molar refractivity (Wildman–Crippen MR) is 68.9 cm³/mol. The van der Waals surface area contributed by atoms with Crippen molar-refractivity contribution in [2.45, 2.75) is 20.0 Å². The van der Waals surface area contributed by atoms with Gasteiger partial charge in [0.15, 0.2) is 11.9 Å². The van der Waals surface area contributed by atoms with E-state index in [2.05, 4.69) is 4.74 Å². The summed E-state index contributed by atoms with van der Waals surface area (Å²) < 4.78 is 14.8. The molecule has 6 nitrogen and oxygen atoms in total. The van der Waals surface area contributed by atoms with Gasteiger partial charge in [0.1, 0.15) is 5.56 Å². The first kappa shape index (κ1) is 14.8. The molecule has 2 N–H and O–H groups in total. The summed E-state index contributed by atoms with van der Waals surface area (Å²) >= 11 is 0. The van der Waals surface area contributed by atoms with E-state index in [1.165, 1.54) is 20.1 Å². The van der Waals surface area contributed by atoms with E-state index in [0.29, 0.717) is 12.3 Å². The molecule has 0 spiro atoms. The van der Waals surface area contributed by atoms with Gasteiger partial charge >= 0.3 is 11.9 Å². The fraction of sp³-hybridized carbons (Fsp3) is 0.385. The quantitative estimate of drug-likeness (QED) is 0.640. The average molecular weight is 267 g/mol. The normalized spacial score (nSPS) is 11.5. The molecular formula is C13H17NO5. The maximum Gasteiger partial charge on any atom is 0.346 e. The highest BCUT2D eigenvalue weighted by molar-refractivity contribution is 5.95. The van der Waals surface area contributed by atoms with Crippen LogP contribution in [0.4, 0.5) is 5.69 Å². The molecule has 0 aliphatic rings.